The molecule has 0 saturated carbocycles. The number of amides is 2. The van der Waals surface area contributed by atoms with E-state index in [-0.39, 0.29) is 41.2 Å². The van der Waals surface area contributed by atoms with Crippen molar-refractivity contribution in [1.82, 2.24) is 10.3 Å². The van der Waals surface area contributed by atoms with Gasteiger partial charge in [0.05, 0.1) is 19.8 Å². The number of methoxy groups -OCH3 is 1. The minimum atomic E-state index is -0.927. The molecule has 0 saturated heterocycles. The number of ketones is 1. The van der Waals surface area contributed by atoms with Gasteiger partial charge in [-0.25, -0.2) is 9.78 Å². The van der Waals surface area contributed by atoms with E-state index in [1.807, 2.05) is 0 Å². The van der Waals surface area contributed by atoms with Crippen molar-refractivity contribution in [1.29, 1.82) is 0 Å². The largest absolute Gasteiger partial charge is 0.507 e. The highest BCUT2D eigenvalue weighted by Crippen LogP contribution is 2.44. The topological polar surface area (TPSA) is 164 Å². The summed E-state index contributed by atoms with van der Waals surface area (Å²) in [5.74, 6) is -2.55. The fraction of sp³-hybridized carbons (Fsp3) is 0.343. The van der Waals surface area contributed by atoms with Gasteiger partial charge in [0.1, 0.15) is 34.4 Å². The summed E-state index contributed by atoms with van der Waals surface area (Å²) in [6, 6.07) is 13.1. The minimum Gasteiger partial charge on any atom is -0.507 e. The van der Waals surface area contributed by atoms with Crippen LogP contribution in [-0.4, -0.2) is 58.5 Å². The van der Waals surface area contributed by atoms with Crippen molar-refractivity contribution in [2.45, 2.75) is 63.9 Å². The maximum Gasteiger partial charge on any atom is 0.342 e. The van der Waals surface area contributed by atoms with E-state index >= 15 is 0 Å². The first-order valence-corrected chi connectivity index (χ1v) is 15.3. The smallest absolute Gasteiger partial charge is 0.342 e. The van der Waals surface area contributed by atoms with Crippen molar-refractivity contribution in [3.8, 4) is 17.2 Å². The number of hydrogen-bond donors (Lipinski definition) is 4. The lowest BCUT2D eigenvalue weighted by molar-refractivity contribution is -0.124. The second kappa shape index (κ2) is 16.2. The predicted octanol–water partition coefficient (Wildman–Crippen LogP) is 5.26. The number of Topliss-reactive ketones (excluding diaryl/α,β-unsaturated/α-hetero) is 1. The Hall–Kier alpha value is -5.19. The van der Waals surface area contributed by atoms with Crippen LogP contribution in [0.4, 0.5) is 5.82 Å². The molecule has 3 aromatic rings. The van der Waals surface area contributed by atoms with Gasteiger partial charge in [0.2, 0.25) is 11.8 Å². The zero-order valence-electron chi connectivity index (χ0n) is 26.0. The van der Waals surface area contributed by atoms with Gasteiger partial charge in [-0.3, -0.25) is 14.4 Å². The number of nitrogens with one attached hydrogen (secondary N) is 2. The number of aromatic nitrogens is 1. The number of ether oxygens (including phenoxy) is 2. The maximum absolute atomic E-state index is 13.5. The average Bonchev–Trinajstić information content (AvgIpc) is 3.03. The number of carbonyl (C=O) groups is 4. The van der Waals surface area contributed by atoms with E-state index in [0.717, 1.165) is 0 Å². The number of pyridine rings is 1. The van der Waals surface area contributed by atoms with Gasteiger partial charge in [0, 0.05) is 36.9 Å². The van der Waals surface area contributed by atoms with Gasteiger partial charge >= 0.3 is 5.97 Å². The van der Waals surface area contributed by atoms with Crippen LogP contribution in [0, 0.1) is 0 Å². The molecule has 2 aromatic carbocycles. The zero-order chi connectivity index (χ0) is 33.1. The molecule has 4 N–H and O–H groups in total. The minimum absolute atomic E-state index is 0.0401. The average molecular weight is 630 g/mol. The molecule has 4 rings (SSSR count). The van der Waals surface area contributed by atoms with Crippen LogP contribution < -0.4 is 15.4 Å². The van der Waals surface area contributed by atoms with Crippen molar-refractivity contribution in [2.75, 3.05) is 19.0 Å². The van der Waals surface area contributed by atoms with Gasteiger partial charge < -0.3 is 30.3 Å². The quantitative estimate of drug-likeness (QED) is 0.243. The number of carbonyl (C=O) groups excluding carboxylic acids is 4. The molecule has 242 valence electrons. The molecule has 1 aliphatic heterocycles. The molecule has 11 heteroatoms. The van der Waals surface area contributed by atoms with Crippen molar-refractivity contribution in [3.63, 3.8) is 0 Å². The number of allylic oxidation sites excluding steroid dienone is 1. The first-order valence-electron chi connectivity index (χ1n) is 15.3. The summed E-state index contributed by atoms with van der Waals surface area (Å²) in [6.45, 7) is 1.38. The molecule has 2 heterocycles. The van der Waals surface area contributed by atoms with Crippen LogP contribution in [-0.2, 0) is 19.1 Å². The number of esters is 1. The van der Waals surface area contributed by atoms with Crippen LogP contribution in [0.15, 0.2) is 60.8 Å². The summed E-state index contributed by atoms with van der Waals surface area (Å²) in [5, 5.41) is 28.1. The van der Waals surface area contributed by atoms with Gasteiger partial charge in [-0.05, 0) is 74.1 Å². The zero-order valence-corrected chi connectivity index (χ0v) is 26.0. The van der Waals surface area contributed by atoms with E-state index in [1.54, 1.807) is 61.5 Å². The number of rotatable bonds is 8. The lowest BCUT2D eigenvalue weighted by Crippen LogP contribution is -2.33. The molecule has 1 aliphatic rings. The van der Waals surface area contributed by atoms with E-state index in [0.29, 0.717) is 55.7 Å². The van der Waals surface area contributed by atoms with Crippen LogP contribution in [0.3, 0.4) is 0 Å². The van der Waals surface area contributed by atoms with Crippen molar-refractivity contribution < 1.29 is 38.9 Å². The molecule has 0 bridgehead atoms. The fourth-order valence-corrected chi connectivity index (χ4v) is 5.30. The Bertz CT molecular complexity index is 1570. The van der Waals surface area contributed by atoms with E-state index in [2.05, 4.69) is 15.6 Å². The monoisotopic (exact) mass is 629 g/mol. The summed E-state index contributed by atoms with van der Waals surface area (Å²) in [6.07, 6.45) is 7.17. The maximum atomic E-state index is 13.5. The first kappa shape index (κ1) is 33.7. The summed E-state index contributed by atoms with van der Waals surface area (Å²) in [5.41, 5.74) is 0.602. The molecule has 0 fully saturated rings. The van der Waals surface area contributed by atoms with E-state index in [4.69, 9.17) is 9.47 Å². The normalized spacial score (nSPS) is 17.0. The SMILES string of the molecule is COc1ccc(C(CC(=O)NCC(=O)Nc2ccccn2)c2c(O)cc3c(c2O)C(=O)O[C@@H](C)CCCC(=O)CCC/C=C/3)cc1. The Labute approximate surface area is 267 Å². The summed E-state index contributed by atoms with van der Waals surface area (Å²) in [7, 11) is 1.51. The molecule has 2 atom stereocenters. The Balaban J connectivity index is 1.68. The predicted molar refractivity (Wildman–Crippen MR) is 172 cm³/mol. The van der Waals surface area contributed by atoms with Crippen molar-refractivity contribution in [3.05, 3.63) is 83.1 Å². The third kappa shape index (κ3) is 9.16. The van der Waals surface area contributed by atoms with E-state index in [1.165, 1.54) is 19.4 Å². The third-order valence-electron chi connectivity index (χ3n) is 7.69. The van der Waals surface area contributed by atoms with Crippen molar-refractivity contribution in [2.24, 2.45) is 0 Å². The lowest BCUT2D eigenvalue weighted by atomic mass is 9.84. The second-order valence-corrected chi connectivity index (χ2v) is 11.1. The van der Waals surface area contributed by atoms with Crippen LogP contribution in [0.5, 0.6) is 17.2 Å². The number of hydrogen-bond acceptors (Lipinski definition) is 9. The highest BCUT2D eigenvalue weighted by atomic mass is 16.5. The van der Waals surface area contributed by atoms with Gasteiger partial charge in [-0.1, -0.05) is 30.4 Å². The summed E-state index contributed by atoms with van der Waals surface area (Å²) >= 11 is 0. The number of phenols is 2. The highest BCUT2D eigenvalue weighted by Gasteiger charge is 2.31. The Morgan fingerprint density at radius 1 is 1.07 bits per heavy atom. The molecular weight excluding hydrogens is 590 g/mol. The lowest BCUT2D eigenvalue weighted by Gasteiger charge is -2.23. The molecule has 46 heavy (non-hydrogen) atoms. The first-order chi connectivity index (χ1) is 22.2. The molecule has 0 aliphatic carbocycles. The summed E-state index contributed by atoms with van der Waals surface area (Å²) in [4.78, 5) is 55.3. The Kier molecular flexibility index (Phi) is 11.9. The molecule has 11 nitrogen and oxygen atoms in total. The van der Waals surface area contributed by atoms with Gasteiger partial charge in [0.15, 0.2) is 0 Å². The van der Waals surface area contributed by atoms with Gasteiger partial charge in [0.25, 0.3) is 0 Å². The number of benzene rings is 2. The third-order valence-corrected chi connectivity index (χ3v) is 7.69. The van der Waals surface area contributed by atoms with Crippen LogP contribution in [0.2, 0.25) is 0 Å². The number of aromatic hydroxyl groups is 2. The molecule has 1 aromatic heterocycles. The Morgan fingerprint density at radius 2 is 1.83 bits per heavy atom. The summed E-state index contributed by atoms with van der Waals surface area (Å²) < 4.78 is 10.9. The van der Waals surface area contributed by atoms with Crippen LogP contribution in [0.25, 0.3) is 6.08 Å². The second-order valence-electron chi connectivity index (χ2n) is 11.1. The van der Waals surface area contributed by atoms with Crippen LogP contribution >= 0.6 is 0 Å². The number of anilines is 1. The van der Waals surface area contributed by atoms with Crippen molar-refractivity contribution >= 4 is 35.5 Å². The molecule has 0 radical (unpaired) electrons. The standard InChI is InChI=1S/C35H39N3O8/c1-22-9-8-12-25(39)11-5-3-4-10-24-19-28(40)33(34(43)32(24)35(44)46-22)27(23-14-16-26(45-2)17-15-23)20-30(41)37-21-31(42)38-29-13-6-7-18-36-29/h4,6-7,10,13-19,22,27,40,43H,3,5,8-9,11-12,20-21H2,1-2H3,(H,37,41)(H,36,38,42)/b10-4+/t22-,27?/m0/s1. The molecular formula is C35H39N3O8. The number of nitrogens with zero attached hydrogens (tertiary/aromatic N) is 1. The molecule has 0 spiro atoms. The van der Waals surface area contributed by atoms with E-state index < -0.39 is 35.6 Å². The van der Waals surface area contributed by atoms with Gasteiger partial charge in [-0.15, -0.1) is 0 Å². The molecule has 1 unspecified atom stereocenters. The Morgan fingerprint density at radius 3 is 2.54 bits per heavy atom. The van der Waals surface area contributed by atoms with Crippen LogP contribution in [0.1, 0.15) is 84.8 Å². The fourth-order valence-electron chi connectivity index (χ4n) is 5.30. The number of fused-ring (bicyclic) bond motifs is 1. The van der Waals surface area contributed by atoms with E-state index in [9.17, 15) is 29.4 Å². The number of phenolic OH excluding ortho intramolecular Hbond substituents is 2. The highest BCUT2D eigenvalue weighted by molar-refractivity contribution is 5.98. The number of cyclic esters (lactones) is 1. The molecule has 2 amide bonds. The van der Waals surface area contributed by atoms with Gasteiger partial charge in [-0.2, -0.15) is 0 Å².